The van der Waals surface area contributed by atoms with Crippen molar-refractivity contribution in [2.75, 3.05) is 17.8 Å². The lowest BCUT2D eigenvalue weighted by Crippen LogP contribution is -2.18. The Labute approximate surface area is 170 Å². The van der Waals surface area contributed by atoms with E-state index in [4.69, 9.17) is 0 Å². The van der Waals surface area contributed by atoms with Crippen LogP contribution in [-0.2, 0) is 0 Å². The molecule has 2 heterocycles. The van der Waals surface area contributed by atoms with E-state index in [-0.39, 0.29) is 11.3 Å². The first-order chi connectivity index (χ1) is 13.0. The van der Waals surface area contributed by atoms with Crippen molar-refractivity contribution < 1.29 is 9.18 Å². The second-order valence-electron chi connectivity index (χ2n) is 5.96. The third kappa shape index (κ3) is 4.34. The van der Waals surface area contributed by atoms with Gasteiger partial charge >= 0.3 is 0 Å². The summed E-state index contributed by atoms with van der Waals surface area (Å²) in [6, 6.07) is 6.61. The number of nitrogens with zero attached hydrogens (tertiary/aromatic N) is 2. The number of aromatic amines is 1. The van der Waals surface area contributed by atoms with E-state index in [1.807, 2.05) is 6.92 Å². The summed E-state index contributed by atoms with van der Waals surface area (Å²) in [6.45, 7) is 5.87. The number of aromatic nitrogens is 2. The van der Waals surface area contributed by atoms with Gasteiger partial charge in [0.1, 0.15) is 5.65 Å². The molecule has 8 heteroatoms. The maximum Gasteiger partial charge on any atom is 0.198 e. The number of benzene rings is 1. The largest absolute Gasteiger partial charge is 0.345 e. The number of pyridine rings is 1. The van der Waals surface area contributed by atoms with E-state index in [9.17, 15) is 9.18 Å². The van der Waals surface area contributed by atoms with Gasteiger partial charge in [-0.1, -0.05) is 19.9 Å². The SMILES string of the molecule is CCCN(CC)SNc1cccc(C(=O)c2c[nH]c3ncc(Br)cc23)c1F. The number of H-pyrrole nitrogens is 1. The minimum atomic E-state index is -0.556. The zero-order valence-electron chi connectivity index (χ0n) is 15.1. The number of anilines is 1. The van der Waals surface area contributed by atoms with Gasteiger partial charge in [-0.2, -0.15) is 0 Å². The number of fused-ring (bicyclic) bond motifs is 1. The zero-order valence-corrected chi connectivity index (χ0v) is 17.5. The van der Waals surface area contributed by atoms with Gasteiger partial charge in [-0.3, -0.25) is 4.79 Å². The normalized spacial score (nSPS) is 11.3. The molecule has 0 saturated heterocycles. The van der Waals surface area contributed by atoms with Crippen molar-refractivity contribution in [2.24, 2.45) is 0 Å². The van der Waals surface area contributed by atoms with Crippen LogP contribution in [0.15, 0.2) is 41.1 Å². The van der Waals surface area contributed by atoms with Gasteiger partial charge in [0.2, 0.25) is 0 Å². The molecule has 0 bridgehead atoms. The first-order valence-electron chi connectivity index (χ1n) is 8.68. The zero-order chi connectivity index (χ0) is 19.4. The van der Waals surface area contributed by atoms with Crippen molar-refractivity contribution in [1.29, 1.82) is 0 Å². The Morgan fingerprint density at radius 1 is 1.37 bits per heavy atom. The fourth-order valence-corrected chi connectivity index (χ4v) is 3.85. The summed E-state index contributed by atoms with van der Waals surface area (Å²) in [5, 5.41) is 0.654. The van der Waals surface area contributed by atoms with E-state index in [0.29, 0.717) is 22.3 Å². The van der Waals surface area contributed by atoms with Gasteiger partial charge in [0.25, 0.3) is 0 Å². The number of halogens is 2. The smallest absolute Gasteiger partial charge is 0.198 e. The molecule has 2 N–H and O–H groups in total. The lowest BCUT2D eigenvalue weighted by atomic mass is 10.0. The predicted octanol–water partition coefficient (Wildman–Crippen LogP) is 5.40. The Balaban J connectivity index is 1.88. The number of hydrogen-bond donors (Lipinski definition) is 2. The first-order valence-corrected chi connectivity index (χ1v) is 10.3. The summed E-state index contributed by atoms with van der Waals surface area (Å²) in [7, 11) is 0. The van der Waals surface area contributed by atoms with E-state index < -0.39 is 5.82 Å². The van der Waals surface area contributed by atoms with Gasteiger partial charge in [0, 0.05) is 53.0 Å². The fraction of sp³-hybridized carbons (Fsp3) is 0.263. The molecule has 0 aliphatic rings. The van der Waals surface area contributed by atoms with E-state index in [2.05, 4.69) is 41.8 Å². The van der Waals surface area contributed by atoms with Crippen LogP contribution in [0.1, 0.15) is 36.2 Å². The number of nitrogens with one attached hydrogen (secondary N) is 2. The molecule has 0 fully saturated rings. The van der Waals surface area contributed by atoms with E-state index >= 15 is 0 Å². The molecular weight excluding hydrogens is 431 g/mol. The van der Waals surface area contributed by atoms with Gasteiger partial charge in [-0.25, -0.2) is 13.7 Å². The molecule has 0 unspecified atom stereocenters. The lowest BCUT2D eigenvalue weighted by molar-refractivity contribution is 0.103. The van der Waals surface area contributed by atoms with Crippen LogP contribution in [0.2, 0.25) is 0 Å². The highest BCUT2D eigenvalue weighted by Crippen LogP contribution is 2.27. The van der Waals surface area contributed by atoms with Crippen molar-refractivity contribution in [1.82, 2.24) is 14.3 Å². The Morgan fingerprint density at radius 2 is 2.19 bits per heavy atom. The first kappa shape index (κ1) is 19.9. The Kier molecular flexibility index (Phi) is 6.51. The Bertz CT molecular complexity index is 962. The third-order valence-electron chi connectivity index (χ3n) is 4.10. The third-order valence-corrected chi connectivity index (χ3v) is 5.54. The minimum Gasteiger partial charge on any atom is -0.345 e. The highest BCUT2D eigenvalue weighted by Gasteiger charge is 2.20. The van der Waals surface area contributed by atoms with E-state index in [1.54, 1.807) is 30.6 Å². The molecule has 0 radical (unpaired) electrons. The monoisotopic (exact) mass is 450 g/mol. The minimum absolute atomic E-state index is 0.0278. The molecule has 0 atom stereocenters. The maximum absolute atomic E-state index is 15.0. The van der Waals surface area contributed by atoms with Gasteiger partial charge in [0.05, 0.1) is 11.3 Å². The van der Waals surface area contributed by atoms with Crippen molar-refractivity contribution >= 4 is 50.6 Å². The number of ketones is 1. The topological polar surface area (TPSA) is 61.0 Å². The second kappa shape index (κ2) is 8.86. The average Bonchev–Trinajstić information content (AvgIpc) is 3.08. The molecule has 1 aromatic carbocycles. The molecule has 3 aromatic rings. The van der Waals surface area contributed by atoms with E-state index in [1.165, 1.54) is 18.2 Å². The Hall–Kier alpha value is -1.90. The highest BCUT2D eigenvalue weighted by atomic mass is 79.9. The molecule has 5 nitrogen and oxygen atoms in total. The van der Waals surface area contributed by atoms with Crippen molar-refractivity contribution in [2.45, 2.75) is 20.3 Å². The molecule has 3 rings (SSSR count). The highest BCUT2D eigenvalue weighted by molar-refractivity contribution is 9.10. The molecule has 0 aliphatic carbocycles. The molecule has 27 heavy (non-hydrogen) atoms. The number of carbonyl (C=O) groups excluding carboxylic acids is 1. The molecule has 0 aliphatic heterocycles. The molecule has 0 spiro atoms. The predicted molar refractivity (Wildman–Crippen MR) is 112 cm³/mol. The summed E-state index contributed by atoms with van der Waals surface area (Å²) in [5.74, 6) is -0.937. The molecule has 142 valence electrons. The van der Waals surface area contributed by atoms with Crippen LogP contribution >= 0.6 is 28.1 Å². The van der Waals surface area contributed by atoms with Crippen LogP contribution in [0.25, 0.3) is 11.0 Å². The average molecular weight is 451 g/mol. The standard InChI is InChI=1S/C19H20BrFN4OS/c1-3-8-25(4-2)27-24-16-7-5-6-13(17(16)21)18(26)15-11-23-19-14(15)9-12(20)10-22-19/h5-7,9-11,24H,3-4,8H2,1-2H3,(H,22,23). The molecule has 2 aromatic heterocycles. The number of hydrogen-bond acceptors (Lipinski definition) is 5. The summed E-state index contributed by atoms with van der Waals surface area (Å²) < 4.78 is 20.9. The number of carbonyl (C=O) groups is 1. The Morgan fingerprint density at radius 3 is 2.93 bits per heavy atom. The van der Waals surface area contributed by atoms with Crippen molar-refractivity contribution in [3.8, 4) is 0 Å². The van der Waals surface area contributed by atoms with E-state index in [0.717, 1.165) is 24.0 Å². The summed E-state index contributed by atoms with van der Waals surface area (Å²) in [4.78, 5) is 20.1. The van der Waals surface area contributed by atoms with Crippen LogP contribution in [0, 0.1) is 5.82 Å². The molecule has 0 saturated carbocycles. The van der Waals surface area contributed by atoms with Crippen LogP contribution in [-0.4, -0.2) is 33.1 Å². The summed E-state index contributed by atoms with van der Waals surface area (Å²) in [5.41, 5.74) is 1.30. The van der Waals surface area contributed by atoms with Gasteiger partial charge in [-0.05, 0) is 40.5 Å². The quantitative estimate of drug-likeness (QED) is 0.355. The molecular formula is C19H20BrFN4OS. The second-order valence-corrected chi connectivity index (χ2v) is 7.78. The number of rotatable bonds is 8. The van der Waals surface area contributed by atoms with Crippen LogP contribution in [0.5, 0.6) is 0 Å². The van der Waals surface area contributed by atoms with Crippen LogP contribution < -0.4 is 4.72 Å². The maximum atomic E-state index is 15.0. The van der Waals surface area contributed by atoms with Crippen molar-refractivity contribution in [3.63, 3.8) is 0 Å². The van der Waals surface area contributed by atoms with Gasteiger partial charge in [0.15, 0.2) is 11.6 Å². The summed E-state index contributed by atoms with van der Waals surface area (Å²) >= 11 is 4.70. The van der Waals surface area contributed by atoms with Crippen molar-refractivity contribution in [3.05, 3.63) is 58.1 Å². The van der Waals surface area contributed by atoms with Crippen LogP contribution in [0.4, 0.5) is 10.1 Å². The molecule has 0 amide bonds. The van der Waals surface area contributed by atoms with Gasteiger partial charge in [-0.15, -0.1) is 0 Å². The summed E-state index contributed by atoms with van der Waals surface area (Å²) in [6.07, 6.45) is 4.22. The lowest BCUT2D eigenvalue weighted by Gasteiger charge is -2.19. The fourth-order valence-electron chi connectivity index (χ4n) is 2.73. The van der Waals surface area contributed by atoms with Crippen LogP contribution in [0.3, 0.4) is 0 Å². The van der Waals surface area contributed by atoms with Gasteiger partial charge < -0.3 is 9.71 Å².